The van der Waals surface area contributed by atoms with Gasteiger partial charge in [-0.25, -0.2) is 0 Å². The Morgan fingerprint density at radius 1 is 1.13 bits per heavy atom. The molecule has 0 bridgehead atoms. The fraction of sp³-hybridized carbons (Fsp3) is 0.182. The first-order valence-electron chi connectivity index (χ1n) is 9.92. The fourth-order valence-electron chi connectivity index (χ4n) is 2.99. The Hall–Kier alpha value is -2.56. The predicted octanol–water partition coefficient (Wildman–Crippen LogP) is 1.26. The van der Waals surface area contributed by atoms with Crippen LogP contribution in [0.2, 0.25) is 0 Å². The minimum absolute atomic E-state index is 0.363. The Morgan fingerprint density at radius 2 is 2.00 bits per heavy atom. The summed E-state index contributed by atoms with van der Waals surface area (Å²) in [4.78, 5) is 13.8. The number of hydrogen-bond acceptors (Lipinski definition) is 7. The molecule has 31 heavy (non-hydrogen) atoms. The Kier molecular flexibility index (Phi) is 6.79. The van der Waals surface area contributed by atoms with E-state index in [9.17, 15) is 0 Å². The summed E-state index contributed by atoms with van der Waals surface area (Å²) >= 11 is 0.585. The molecule has 9 heteroatoms. The molecular formula is C22H22N7SSn+. The SMILES string of the molecule is C[NH2+]/C=C(\C(=N)c1ccccn1)c1cnc2cc[c]([Sn][c]3nnc(C(C)C)s3)nc2c1. The van der Waals surface area contributed by atoms with Crippen LogP contribution in [-0.2, 0) is 0 Å². The van der Waals surface area contributed by atoms with E-state index in [0.717, 1.165) is 33.9 Å². The molecule has 0 atom stereocenters. The third-order valence-corrected chi connectivity index (χ3v) is 9.56. The Bertz CT molecular complexity index is 1250. The molecular weight excluding hydrogens is 513 g/mol. The number of hydrogen-bond donors (Lipinski definition) is 2. The molecule has 0 aliphatic heterocycles. The summed E-state index contributed by atoms with van der Waals surface area (Å²) in [7, 11) is 1.94. The van der Waals surface area contributed by atoms with Crippen LogP contribution < -0.4 is 12.1 Å². The Labute approximate surface area is 194 Å². The summed E-state index contributed by atoms with van der Waals surface area (Å²) < 4.78 is 2.22. The van der Waals surface area contributed by atoms with E-state index in [-0.39, 0.29) is 0 Å². The second-order valence-corrected chi connectivity index (χ2v) is 12.8. The van der Waals surface area contributed by atoms with Gasteiger partial charge in [0.25, 0.3) is 0 Å². The molecule has 0 aliphatic rings. The van der Waals surface area contributed by atoms with Gasteiger partial charge in [-0.15, -0.1) is 0 Å². The van der Waals surface area contributed by atoms with E-state index < -0.39 is 21.1 Å². The molecule has 4 aromatic rings. The first-order valence-corrected chi connectivity index (χ1v) is 13.6. The van der Waals surface area contributed by atoms with Crippen molar-refractivity contribution in [3.63, 3.8) is 0 Å². The molecule has 4 heterocycles. The Balaban J connectivity index is 1.66. The monoisotopic (exact) mass is 536 g/mol. The van der Waals surface area contributed by atoms with Gasteiger partial charge in [-0.1, -0.05) is 0 Å². The maximum atomic E-state index is 8.66. The molecule has 0 saturated carbocycles. The van der Waals surface area contributed by atoms with Crippen LogP contribution in [0.1, 0.15) is 36.0 Å². The van der Waals surface area contributed by atoms with Gasteiger partial charge in [0.15, 0.2) is 0 Å². The number of pyridine rings is 3. The van der Waals surface area contributed by atoms with Gasteiger partial charge in [-0.2, -0.15) is 0 Å². The average molecular weight is 535 g/mol. The van der Waals surface area contributed by atoms with Crippen LogP contribution in [0.4, 0.5) is 0 Å². The van der Waals surface area contributed by atoms with Crippen molar-refractivity contribution in [1.29, 1.82) is 5.41 Å². The van der Waals surface area contributed by atoms with Gasteiger partial charge in [-0.3, -0.25) is 0 Å². The number of rotatable bonds is 7. The van der Waals surface area contributed by atoms with Crippen molar-refractivity contribution in [2.45, 2.75) is 19.8 Å². The van der Waals surface area contributed by atoms with Gasteiger partial charge in [0.05, 0.1) is 0 Å². The molecule has 3 N–H and O–H groups in total. The van der Waals surface area contributed by atoms with Crippen LogP contribution in [0, 0.1) is 5.41 Å². The van der Waals surface area contributed by atoms with E-state index in [0.29, 0.717) is 17.3 Å². The number of nitrogens with zero attached hydrogens (tertiary/aromatic N) is 5. The minimum atomic E-state index is -1.12. The van der Waals surface area contributed by atoms with E-state index in [4.69, 9.17) is 10.4 Å². The van der Waals surface area contributed by atoms with E-state index >= 15 is 0 Å². The second kappa shape index (κ2) is 9.71. The summed E-state index contributed by atoms with van der Waals surface area (Å²) in [5.41, 5.74) is 4.30. The molecule has 7 nitrogen and oxygen atoms in total. The predicted molar refractivity (Wildman–Crippen MR) is 125 cm³/mol. The van der Waals surface area contributed by atoms with Gasteiger partial charge in [0, 0.05) is 0 Å². The number of aromatic nitrogens is 5. The topological polar surface area (TPSA) is 105 Å². The molecule has 0 spiro atoms. The van der Waals surface area contributed by atoms with E-state index in [1.54, 1.807) is 23.7 Å². The molecule has 0 aliphatic carbocycles. The number of fused-ring (bicyclic) bond motifs is 1. The molecule has 2 radical (unpaired) electrons. The number of quaternary nitrogens is 1. The van der Waals surface area contributed by atoms with Crippen molar-refractivity contribution >= 4 is 61.5 Å². The third kappa shape index (κ3) is 5.03. The van der Waals surface area contributed by atoms with Crippen LogP contribution >= 0.6 is 11.3 Å². The van der Waals surface area contributed by atoms with Crippen molar-refractivity contribution in [1.82, 2.24) is 25.1 Å². The van der Waals surface area contributed by atoms with Crippen molar-refractivity contribution in [2.24, 2.45) is 0 Å². The summed E-state index contributed by atoms with van der Waals surface area (Å²) in [6.07, 6.45) is 5.43. The van der Waals surface area contributed by atoms with Crippen LogP contribution in [0.25, 0.3) is 16.6 Å². The summed E-state index contributed by atoms with van der Waals surface area (Å²) in [5.74, 6) is 0.400. The van der Waals surface area contributed by atoms with Gasteiger partial charge < -0.3 is 0 Å². The van der Waals surface area contributed by atoms with Gasteiger partial charge in [0.2, 0.25) is 0 Å². The zero-order valence-electron chi connectivity index (χ0n) is 17.5. The summed E-state index contributed by atoms with van der Waals surface area (Å²) in [6.45, 7) is 4.27. The van der Waals surface area contributed by atoms with E-state index in [2.05, 4.69) is 40.1 Å². The van der Waals surface area contributed by atoms with Crippen LogP contribution in [-0.4, -0.2) is 59.1 Å². The van der Waals surface area contributed by atoms with Crippen molar-refractivity contribution < 1.29 is 5.32 Å². The van der Waals surface area contributed by atoms with Gasteiger partial charge >= 0.3 is 195 Å². The normalized spacial score (nSPS) is 11.9. The quantitative estimate of drug-likeness (QED) is 0.274. The first-order chi connectivity index (χ1) is 15.0. The van der Waals surface area contributed by atoms with Gasteiger partial charge in [0.1, 0.15) is 0 Å². The van der Waals surface area contributed by atoms with Crippen LogP contribution in [0.5, 0.6) is 0 Å². The zero-order chi connectivity index (χ0) is 21.8. The van der Waals surface area contributed by atoms with Crippen molar-refractivity contribution in [3.05, 3.63) is 71.3 Å². The Morgan fingerprint density at radius 3 is 2.71 bits per heavy atom. The van der Waals surface area contributed by atoms with Crippen molar-refractivity contribution in [3.8, 4) is 0 Å². The zero-order valence-corrected chi connectivity index (χ0v) is 21.2. The molecule has 4 aromatic heterocycles. The summed E-state index contributed by atoms with van der Waals surface area (Å²) in [5, 5.41) is 20.4. The standard InChI is InChI=1S/C17H14N5.C5H7N2S.Sn/c1-19-11-13(17(18)15-5-2-3-7-20-15)12-9-16-14(22-10-12)6-4-8-21-16;1-4(2)5-7-6-3-8-5;/h2-7,9-11,18-19H,1H3;4H,1-2H3;/p+1/b13-11-,18-17?;;. The van der Waals surface area contributed by atoms with Gasteiger partial charge in [-0.05, 0) is 0 Å². The molecule has 0 saturated heterocycles. The molecule has 0 aromatic carbocycles. The number of nitrogens with one attached hydrogen (secondary N) is 1. The second-order valence-electron chi connectivity index (χ2n) is 7.19. The molecule has 0 unspecified atom stereocenters. The molecule has 0 fully saturated rings. The first kappa shape index (κ1) is 21.7. The fourth-order valence-corrected chi connectivity index (χ4v) is 7.56. The number of allylic oxidation sites excluding steroid dienone is 1. The van der Waals surface area contributed by atoms with Crippen LogP contribution in [0.3, 0.4) is 0 Å². The average Bonchev–Trinajstić information content (AvgIpc) is 3.26. The summed E-state index contributed by atoms with van der Waals surface area (Å²) in [6, 6.07) is 11.7. The van der Waals surface area contributed by atoms with E-state index in [1.807, 2.05) is 48.9 Å². The molecule has 154 valence electrons. The molecule has 4 rings (SSSR count). The van der Waals surface area contributed by atoms with E-state index in [1.165, 1.54) is 0 Å². The molecule has 0 amide bonds. The van der Waals surface area contributed by atoms with Crippen molar-refractivity contribution in [2.75, 3.05) is 7.05 Å². The maximum absolute atomic E-state index is 8.66. The third-order valence-electron chi connectivity index (χ3n) is 4.54. The van der Waals surface area contributed by atoms with Crippen LogP contribution in [0.15, 0.2) is 55.0 Å². The number of nitrogens with two attached hydrogens (primary N) is 1.